The first kappa shape index (κ1) is 28.5. The van der Waals surface area contributed by atoms with E-state index >= 15 is 0 Å². The molecule has 1 aliphatic carbocycles. The minimum Gasteiger partial charge on any atom is -0.457 e. The van der Waals surface area contributed by atoms with Crippen LogP contribution in [-0.4, -0.2) is 31.5 Å². The number of carbonyl (C=O) groups excluding carboxylic acids is 1. The van der Waals surface area contributed by atoms with E-state index in [4.69, 9.17) is 13.9 Å². The summed E-state index contributed by atoms with van der Waals surface area (Å²) in [5.74, 6) is 5.43. The monoisotopic (exact) mass is 511 g/mol. The number of hydrogen-bond donors (Lipinski definition) is 1. The first-order chi connectivity index (χ1) is 16.7. The Morgan fingerprint density at radius 3 is 2.42 bits per heavy atom. The van der Waals surface area contributed by atoms with Gasteiger partial charge in [-0.3, -0.25) is 0 Å². The van der Waals surface area contributed by atoms with E-state index in [0.717, 1.165) is 37.7 Å². The summed E-state index contributed by atoms with van der Waals surface area (Å²) >= 11 is 0. The molecule has 1 aromatic rings. The Hall–Kier alpha value is -2.07. The molecule has 36 heavy (non-hydrogen) atoms. The van der Waals surface area contributed by atoms with Crippen molar-refractivity contribution in [2.45, 2.75) is 111 Å². The maximum Gasteiger partial charge on any atom is 0.337 e. The molecule has 0 amide bonds. The molecule has 0 bridgehead atoms. The van der Waals surface area contributed by atoms with E-state index in [0.29, 0.717) is 5.76 Å². The number of benzene rings is 1. The van der Waals surface area contributed by atoms with Gasteiger partial charge in [0, 0.05) is 25.8 Å². The molecule has 5 nitrogen and oxygen atoms in total. The van der Waals surface area contributed by atoms with E-state index in [-0.39, 0.29) is 23.9 Å². The minimum atomic E-state index is -1.28. The molecule has 1 aromatic carbocycles. The SMILES string of the molecule is CCc1cc(C#CC(O)(CC2=CC(=O)OC(C)(C)O2)C2CCCC2)ccc1C(O[Si](C)C)C(C)(C)C. The molecule has 2 atom stereocenters. The maximum atomic E-state index is 12.1. The number of carbonyl (C=O) groups is 1. The van der Waals surface area contributed by atoms with Crippen molar-refractivity contribution >= 4 is 15.0 Å². The summed E-state index contributed by atoms with van der Waals surface area (Å²) in [5.41, 5.74) is 2.01. The van der Waals surface area contributed by atoms with E-state index in [1.54, 1.807) is 13.8 Å². The average molecular weight is 512 g/mol. The first-order valence-electron chi connectivity index (χ1n) is 13.2. The van der Waals surface area contributed by atoms with Gasteiger partial charge in [-0.25, -0.2) is 4.79 Å². The molecule has 6 heteroatoms. The van der Waals surface area contributed by atoms with Crippen LogP contribution in [0.2, 0.25) is 13.1 Å². The van der Waals surface area contributed by atoms with Crippen molar-refractivity contribution in [2.24, 2.45) is 11.3 Å². The van der Waals surface area contributed by atoms with Crippen LogP contribution in [0.3, 0.4) is 0 Å². The van der Waals surface area contributed by atoms with E-state index in [2.05, 4.69) is 64.8 Å². The molecule has 1 aliphatic heterocycles. The summed E-state index contributed by atoms with van der Waals surface area (Å²) < 4.78 is 17.5. The molecule has 0 aromatic heterocycles. The second-order valence-electron chi connectivity index (χ2n) is 11.9. The topological polar surface area (TPSA) is 65.0 Å². The molecule has 3 rings (SSSR count). The fourth-order valence-corrected chi connectivity index (χ4v) is 6.14. The second-order valence-corrected chi connectivity index (χ2v) is 14.0. The standard InChI is InChI=1S/C30H43O5Si/c1-9-22-18-21(14-15-25(22)27(28(2,3)4)35-36(7)8)16-17-30(32,23-12-10-11-13-23)20-24-19-26(31)34-29(5,6)33-24/h14-15,18-19,23,27,32H,9-13,20H2,1-8H3. The van der Waals surface area contributed by atoms with Crippen LogP contribution in [0.25, 0.3) is 0 Å². The molecular weight excluding hydrogens is 468 g/mol. The number of ether oxygens (including phenoxy) is 2. The molecule has 1 fully saturated rings. The number of cyclic esters (lactones) is 1. The zero-order valence-corrected chi connectivity index (χ0v) is 24.3. The summed E-state index contributed by atoms with van der Waals surface area (Å²) in [4.78, 5) is 12.1. The molecule has 0 saturated heterocycles. The van der Waals surface area contributed by atoms with Gasteiger partial charge in [-0.2, -0.15) is 0 Å². The minimum absolute atomic E-state index is 0.0206. The van der Waals surface area contributed by atoms with Gasteiger partial charge in [0.15, 0.2) is 0 Å². The fourth-order valence-electron chi connectivity index (χ4n) is 5.18. The number of aryl methyl sites for hydroxylation is 1. The van der Waals surface area contributed by atoms with E-state index < -0.39 is 26.4 Å². The lowest BCUT2D eigenvalue weighted by Gasteiger charge is -2.35. The normalized spacial score (nSPS) is 20.6. The number of esters is 1. The summed E-state index contributed by atoms with van der Waals surface area (Å²) in [5, 5.41) is 11.8. The highest BCUT2D eigenvalue weighted by Gasteiger charge is 2.41. The highest BCUT2D eigenvalue weighted by Crippen LogP contribution is 2.40. The Labute approximate surface area is 219 Å². The van der Waals surface area contributed by atoms with E-state index in [1.165, 1.54) is 17.2 Å². The number of rotatable bonds is 7. The van der Waals surface area contributed by atoms with Gasteiger partial charge in [0.05, 0.1) is 12.2 Å². The molecule has 0 spiro atoms. The van der Waals surface area contributed by atoms with Crippen LogP contribution in [0.1, 0.15) is 96.4 Å². The van der Waals surface area contributed by atoms with Crippen LogP contribution in [-0.2, 0) is 25.1 Å². The van der Waals surface area contributed by atoms with Gasteiger partial charge in [-0.05, 0) is 66.9 Å². The van der Waals surface area contributed by atoms with Gasteiger partial charge in [-0.15, -0.1) is 0 Å². The summed E-state index contributed by atoms with van der Waals surface area (Å²) in [6.45, 7) is 16.5. The fraction of sp³-hybridized carbons (Fsp3) is 0.633. The second kappa shape index (κ2) is 11.1. The van der Waals surface area contributed by atoms with Crippen LogP contribution < -0.4 is 0 Å². The number of aliphatic hydroxyl groups is 1. The van der Waals surface area contributed by atoms with Crippen molar-refractivity contribution in [3.8, 4) is 11.8 Å². The third-order valence-electron chi connectivity index (χ3n) is 6.85. The highest BCUT2D eigenvalue weighted by atomic mass is 28.3. The number of hydrogen-bond acceptors (Lipinski definition) is 5. The molecule has 1 radical (unpaired) electrons. The van der Waals surface area contributed by atoms with Gasteiger partial charge >= 0.3 is 5.97 Å². The molecule has 1 saturated carbocycles. The van der Waals surface area contributed by atoms with Gasteiger partial charge in [0.1, 0.15) is 11.4 Å². The van der Waals surface area contributed by atoms with Crippen molar-refractivity contribution in [3.63, 3.8) is 0 Å². The molecule has 2 aliphatic rings. The Morgan fingerprint density at radius 2 is 1.86 bits per heavy atom. The Morgan fingerprint density at radius 1 is 1.19 bits per heavy atom. The summed E-state index contributed by atoms with van der Waals surface area (Å²) in [6, 6.07) is 6.31. The zero-order valence-electron chi connectivity index (χ0n) is 23.3. The lowest BCUT2D eigenvalue weighted by Crippen LogP contribution is -2.40. The van der Waals surface area contributed by atoms with E-state index in [9.17, 15) is 9.90 Å². The van der Waals surface area contributed by atoms with Crippen molar-refractivity contribution in [3.05, 3.63) is 46.7 Å². The van der Waals surface area contributed by atoms with Gasteiger partial charge in [-0.1, -0.05) is 58.4 Å². The third-order valence-corrected chi connectivity index (χ3v) is 7.55. The van der Waals surface area contributed by atoms with Crippen molar-refractivity contribution in [2.75, 3.05) is 0 Å². The van der Waals surface area contributed by atoms with Gasteiger partial charge < -0.3 is 19.0 Å². The largest absolute Gasteiger partial charge is 0.457 e. The van der Waals surface area contributed by atoms with Gasteiger partial charge in [0.2, 0.25) is 14.8 Å². The van der Waals surface area contributed by atoms with Crippen LogP contribution in [0.15, 0.2) is 30.0 Å². The highest BCUT2D eigenvalue weighted by molar-refractivity contribution is 6.48. The predicted molar refractivity (Wildman–Crippen MR) is 144 cm³/mol. The van der Waals surface area contributed by atoms with Gasteiger partial charge in [0.25, 0.3) is 0 Å². The van der Waals surface area contributed by atoms with Crippen molar-refractivity contribution < 1.29 is 23.8 Å². The predicted octanol–water partition coefficient (Wildman–Crippen LogP) is 6.46. The lowest BCUT2D eigenvalue weighted by molar-refractivity contribution is -0.207. The van der Waals surface area contributed by atoms with Crippen LogP contribution >= 0.6 is 0 Å². The third kappa shape index (κ3) is 7.24. The summed E-state index contributed by atoms with van der Waals surface area (Å²) in [7, 11) is -0.873. The quantitative estimate of drug-likeness (QED) is 0.259. The van der Waals surface area contributed by atoms with Crippen molar-refractivity contribution in [1.82, 2.24) is 0 Å². The molecule has 2 unspecified atom stereocenters. The van der Waals surface area contributed by atoms with Crippen molar-refractivity contribution in [1.29, 1.82) is 0 Å². The van der Waals surface area contributed by atoms with Crippen LogP contribution in [0, 0.1) is 23.2 Å². The Balaban J connectivity index is 1.94. The molecular formula is C30H43O5Si. The van der Waals surface area contributed by atoms with Crippen LogP contribution in [0.5, 0.6) is 0 Å². The molecule has 1 N–H and O–H groups in total. The average Bonchev–Trinajstić information content (AvgIpc) is 3.29. The molecule has 197 valence electrons. The summed E-state index contributed by atoms with van der Waals surface area (Å²) in [6.07, 6.45) is 6.36. The molecule has 1 heterocycles. The van der Waals surface area contributed by atoms with E-state index in [1.807, 2.05) is 6.07 Å². The first-order valence-corrected chi connectivity index (χ1v) is 15.6. The zero-order chi connectivity index (χ0) is 26.7. The maximum absolute atomic E-state index is 12.1. The Kier molecular flexibility index (Phi) is 8.81. The lowest BCUT2D eigenvalue weighted by atomic mass is 9.81. The smallest absolute Gasteiger partial charge is 0.337 e. The van der Waals surface area contributed by atoms with Crippen LogP contribution in [0.4, 0.5) is 0 Å². The Bertz CT molecular complexity index is 1030.